The quantitative estimate of drug-likeness (QED) is 0.804. The van der Waals surface area contributed by atoms with Crippen LogP contribution in [0.15, 0.2) is 48.3 Å². The zero-order valence-corrected chi connectivity index (χ0v) is 11.6. The fourth-order valence-corrected chi connectivity index (χ4v) is 1.95. The van der Waals surface area contributed by atoms with Gasteiger partial charge in [0, 0.05) is 19.3 Å². The molecule has 100 valence electrons. The van der Waals surface area contributed by atoms with E-state index in [-0.39, 0.29) is 0 Å². The van der Waals surface area contributed by atoms with E-state index in [1.54, 1.807) is 0 Å². The van der Waals surface area contributed by atoms with Gasteiger partial charge in [-0.25, -0.2) is 0 Å². The molecule has 1 aromatic heterocycles. The summed E-state index contributed by atoms with van der Waals surface area (Å²) in [5.74, 6) is 0. The van der Waals surface area contributed by atoms with Crippen molar-refractivity contribution < 1.29 is 0 Å². The molecule has 0 bridgehead atoms. The fraction of sp³-hybridized carbons (Fsp3) is 0.312. The van der Waals surface area contributed by atoms with Gasteiger partial charge in [-0.05, 0) is 25.0 Å². The van der Waals surface area contributed by atoms with Crippen LogP contribution < -0.4 is 5.32 Å². The molecule has 19 heavy (non-hydrogen) atoms. The summed E-state index contributed by atoms with van der Waals surface area (Å²) < 4.78 is 1.97. The number of hydrogen-bond donors (Lipinski definition) is 1. The molecular weight excluding hydrogens is 234 g/mol. The molecule has 0 spiro atoms. The first kappa shape index (κ1) is 13.6. The molecule has 3 heteroatoms. The van der Waals surface area contributed by atoms with Gasteiger partial charge < -0.3 is 5.32 Å². The standard InChI is InChI=1S/C16H21N3/c1-14(10-16-6-4-3-5-7-16)11-17-8-9-19-13-15(2)12-18-19/h3-7,10,12-13,17H,8-9,11H2,1-2H3/b14-10+. The Bertz CT molecular complexity index is 526. The molecule has 0 amide bonds. The second-order valence-electron chi connectivity index (χ2n) is 4.86. The average molecular weight is 255 g/mol. The van der Waals surface area contributed by atoms with Crippen LogP contribution in [-0.2, 0) is 6.54 Å². The SMILES string of the molecule is C/C(=C\c1ccccc1)CNCCn1cc(C)cn1. The Morgan fingerprint density at radius 1 is 1.32 bits per heavy atom. The molecule has 0 saturated carbocycles. The van der Waals surface area contributed by atoms with Crippen molar-refractivity contribution in [2.75, 3.05) is 13.1 Å². The average Bonchev–Trinajstić information content (AvgIpc) is 2.82. The predicted molar refractivity (Wildman–Crippen MR) is 79.9 cm³/mol. The number of benzene rings is 1. The van der Waals surface area contributed by atoms with E-state index in [9.17, 15) is 0 Å². The number of nitrogens with zero attached hydrogens (tertiary/aromatic N) is 2. The maximum absolute atomic E-state index is 4.26. The summed E-state index contributed by atoms with van der Waals surface area (Å²) in [5, 5.41) is 7.70. The molecular formula is C16H21N3. The first-order valence-electron chi connectivity index (χ1n) is 6.66. The largest absolute Gasteiger partial charge is 0.311 e. The van der Waals surface area contributed by atoms with Crippen molar-refractivity contribution in [3.63, 3.8) is 0 Å². The molecule has 1 heterocycles. The zero-order chi connectivity index (χ0) is 13.5. The number of aryl methyl sites for hydroxylation is 1. The van der Waals surface area contributed by atoms with Crippen LogP contribution in [0.3, 0.4) is 0 Å². The van der Waals surface area contributed by atoms with Crippen molar-refractivity contribution in [1.29, 1.82) is 0 Å². The van der Waals surface area contributed by atoms with Crippen molar-refractivity contribution in [2.24, 2.45) is 0 Å². The highest BCUT2D eigenvalue weighted by Crippen LogP contribution is 2.05. The fourth-order valence-electron chi connectivity index (χ4n) is 1.95. The molecule has 0 aliphatic heterocycles. The van der Waals surface area contributed by atoms with E-state index in [2.05, 4.69) is 60.8 Å². The van der Waals surface area contributed by atoms with E-state index >= 15 is 0 Å². The van der Waals surface area contributed by atoms with E-state index in [1.165, 1.54) is 16.7 Å². The lowest BCUT2D eigenvalue weighted by molar-refractivity contribution is 0.569. The molecule has 1 aromatic carbocycles. The monoisotopic (exact) mass is 255 g/mol. The Kier molecular flexibility index (Phi) is 4.93. The molecule has 1 N–H and O–H groups in total. The Balaban J connectivity index is 1.72. The maximum atomic E-state index is 4.26. The van der Waals surface area contributed by atoms with Gasteiger partial charge in [-0.15, -0.1) is 0 Å². The van der Waals surface area contributed by atoms with Crippen LogP contribution in [0.25, 0.3) is 6.08 Å². The van der Waals surface area contributed by atoms with Gasteiger partial charge in [0.25, 0.3) is 0 Å². The van der Waals surface area contributed by atoms with Crippen molar-refractivity contribution >= 4 is 6.08 Å². The minimum Gasteiger partial charge on any atom is -0.311 e. The highest BCUT2D eigenvalue weighted by molar-refractivity contribution is 5.52. The van der Waals surface area contributed by atoms with Crippen LogP contribution in [0.2, 0.25) is 0 Å². The van der Waals surface area contributed by atoms with Gasteiger partial charge in [-0.2, -0.15) is 5.10 Å². The third-order valence-electron chi connectivity index (χ3n) is 2.90. The zero-order valence-electron chi connectivity index (χ0n) is 11.6. The highest BCUT2D eigenvalue weighted by atomic mass is 15.3. The molecule has 0 radical (unpaired) electrons. The minimum absolute atomic E-state index is 0.909. The summed E-state index contributed by atoms with van der Waals surface area (Å²) in [4.78, 5) is 0. The van der Waals surface area contributed by atoms with E-state index in [4.69, 9.17) is 0 Å². The first-order chi connectivity index (χ1) is 9.24. The lowest BCUT2D eigenvalue weighted by Gasteiger charge is -2.05. The first-order valence-corrected chi connectivity index (χ1v) is 6.66. The van der Waals surface area contributed by atoms with Crippen LogP contribution in [-0.4, -0.2) is 22.9 Å². The van der Waals surface area contributed by atoms with E-state index in [0.29, 0.717) is 0 Å². The summed E-state index contributed by atoms with van der Waals surface area (Å²) in [7, 11) is 0. The van der Waals surface area contributed by atoms with Crippen LogP contribution in [0.5, 0.6) is 0 Å². The van der Waals surface area contributed by atoms with Gasteiger partial charge in [0.1, 0.15) is 0 Å². The summed E-state index contributed by atoms with van der Waals surface area (Å²) in [6.07, 6.45) is 6.17. The number of rotatable bonds is 6. The van der Waals surface area contributed by atoms with Crippen molar-refractivity contribution in [3.05, 3.63) is 59.4 Å². The Hall–Kier alpha value is -1.87. The smallest absolute Gasteiger partial charge is 0.0534 e. The Morgan fingerprint density at radius 2 is 2.11 bits per heavy atom. The second kappa shape index (κ2) is 6.90. The van der Waals surface area contributed by atoms with Crippen molar-refractivity contribution in [2.45, 2.75) is 20.4 Å². The van der Waals surface area contributed by atoms with Gasteiger partial charge in [0.05, 0.1) is 12.7 Å². The van der Waals surface area contributed by atoms with Crippen molar-refractivity contribution in [1.82, 2.24) is 15.1 Å². The minimum atomic E-state index is 0.909. The summed E-state index contributed by atoms with van der Waals surface area (Å²) >= 11 is 0. The molecule has 2 aromatic rings. The molecule has 0 unspecified atom stereocenters. The summed E-state index contributed by atoms with van der Waals surface area (Å²) in [5.41, 5.74) is 3.80. The van der Waals surface area contributed by atoms with Crippen LogP contribution >= 0.6 is 0 Å². The van der Waals surface area contributed by atoms with E-state index in [1.807, 2.05) is 16.9 Å². The predicted octanol–water partition coefficient (Wildman–Crippen LogP) is 2.88. The number of aromatic nitrogens is 2. The molecule has 0 atom stereocenters. The molecule has 3 nitrogen and oxygen atoms in total. The number of hydrogen-bond acceptors (Lipinski definition) is 2. The lowest BCUT2D eigenvalue weighted by Crippen LogP contribution is -2.21. The molecule has 0 fully saturated rings. The maximum Gasteiger partial charge on any atom is 0.0534 e. The third-order valence-corrected chi connectivity index (χ3v) is 2.90. The second-order valence-corrected chi connectivity index (χ2v) is 4.86. The van der Waals surface area contributed by atoms with Crippen molar-refractivity contribution in [3.8, 4) is 0 Å². The number of nitrogens with one attached hydrogen (secondary N) is 1. The Morgan fingerprint density at radius 3 is 2.79 bits per heavy atom. The normalized spacial score (nSPS) is 11.8. The van der Waals surface area contributed by atoms with Crippen LogP contribution in [0.1, 0.15) is 18.1 Å². The van der Waals surface area contributed by atoms with Gasteiger partial charge in [0.2, 0.25) is 0 Å². The van der Waals surface area contributed by atoms with Crippen LogP contribution in [0, 0.1) is 6.92 Å². The molecule has 2 rings (SSSR count). The lowest BCUT2D eigenvalue weighted by atomic mass is 10.1. The van der Waals surface area contributed by atoms with Gasteiger partial charge in [-0.3, -0.25) is 4.68 Å². The van der Waals surface area contributed by atoms with E-state index in [0.717, 1.165) is 19.6 Å². The van der Waals surface area contributed by atoms with Gasteiger partial charge >= 0.3 is 0 Å². The highest BCUT2D eigenvalue weighted by Gasteiger charge is 1.95. The summed E-state index contributed by atoms with van der Waals surface area (Å²) in [6, 6.07) is 10.4. The molecule has 0 aliphatic carbocycles. The van der Waals surface area contributed by atoms with E-state index < -0.39 is 0 Å². The summed E-state index contributed by atoms with van der Waals surface area (Å²) in [6.45, 7) is 6.96. The van der Waals surface area contributed by atoms with Gasteiger partial charge in [-0.1, -0.05) is 42.0 Å². The third kappa shape index (κ3) is 4.72. The molecule has 0 saturated heterocycles. The molecule has 0 aliphatic rings. The topological polar surface area (TPSA) is 29.9 Å². The van der Waals surface area contributed by atoms with Crippen LogP contribution in [0.4, 0.5) is 0 Å². The van der Waals surface area contributed by atoms with Gasteiger partial charge in [0.15, 0.2) is 0 Å². The Labute approximate surface area is 115 Å².